The van der Waals surface area contributed by atoms with Gasteiger partial charge in [0.15, 0.2) is 0 Å². The molecule has 1 rings (SSSR count). The molecule has 0 saturated carbocycles. The second-order valence-electron chi connectivity index (χ2n) is 3.50. The molecule has 0 aromatic carbocycles. The highest BCUT2D eigenvalue weighted by atomic mass is 16.5. The van der Waals surface area contributed by atoms with Crippen LogP contribution in [0, 0.1) is 0 Å². The predicted molar refractivity (Wildman–Crippen MR) is 51.7 cm³/mol. The first-order chi connectivity index (χ1) is 6.60. The number of aromatic nitrogens is 2. The van der Waals surface area contributed by atoms with E-state index in [4.69, 9.17) is 9.15 Å². The highest BCUT2D eigenvalue weighted by Gasteiger charge is 2.26. The molecule has 5 nitrogen and oxygen atoms in total. The minimum atomic E-state index is -0.516. The van der Waals surface area contributed by atoms with Crippen LogP contribution in [0.4, 0.5) is 0 Å². The summed E-state index contributed by atoms with van der Waals surface area (Å²) in [5.41, 5.74) is -0.516. The van der Waals surface area contributed by atoms with Crippen molar-refractivity contribution in [1.29, 1.82) is 0 Å². The topological polar surface area (TPSA) is 60.2 Å². The van der Waals surface area contributed by atoms with Gasteiger partial charge in [0.05, 0.1) is 6.54 Å². The van der Waals surface area contributed by atoms with Crippen molar-refractivity contribution in [2.24, 2.45) is 0 Å². The van der Waals surface area contributed by atoms with Crippen molar-refractivity contribution in [3.63, 3.8) is 0 Å². The van der Waals surface area contributed by atoms with E-state index in [0.29, 0.717) is 18.3 Å². The van der Waals surface area contributed by atoms with Crippen LogP contribution in [-0.4, -0.2) is 23.9 Å². The fraction of sp³-hybridized carbons (Fsp3) is 0.778. The SMILES string of the molecule is CCNCc1nnc(C(C)(C)OC)o1. The van der Waals surface area contributed by atoms with Crippen LogP contribution >= 0.6 is 0 Å². The quantitative estimate of drug-likeness (QED) is 0.768. The maximum Gasteiger partial charge on any atom is 0.247 e. The molecular formula is C9H17N3O2. The molecule has 0 aliphatic rings. The number of rotatable bonds is 5. The first kappa shape index (κ1) is 11.1. The summed E-state index contributed by atoms with van der Waals surface area (Å²) in [6, 6.07) is 0. The average molecular weight is 199 g/mol. The van der Waals surface area contributed by atoms with Crippen LogP contribution in [0.3, 0.4) is 0 Å². The molecule has 80 valence electrons. The van der Waals surface area contributed by atoms with E-state index in [1.54, 1.807) is 7.11 Å². The van der Waals surface area contributed by atoms with E-state index >= 15 is 0 Å². The summed E-state index contributed by atoms with van der Waals surface area (Å²) in [6.45, 7) is 7.28. The van der Waals surface area contributed by atoms with Crippen molar-refractivity contribution < 1.29 is 9.15 Å². The van der Waals surface area contributed by atoms with E-state index in [1.165, 1.54) is 0 Å². The van der Waals surface area contributed by atoms with Gasteiger partial charge in [-0.3, -0.25) is 0 Å². The lowest BCUT2D eigenvalue weighted by Crippen LogP contribution is -2.19. The van der Waals surface area contributed by atoms with Crippen molar-refractivity contribution in [1.82, 2.24) is 15.5 Å². The Hall–Kier alpha value is -0.940. The van der Waals surface area contributed by atoms with Gasteiger partial charge in [-0.25, -0.2) is 0 Å². The van der Waals surface area contributed by atoms with E-state index in [-0.39, 0.29) is 0 Å². The van der Waals surface area contributed by atoms with E-state index in [1.807, 2.05) is 20.8 Å². The zero-order valence-corrected chi connectivity index (χ0v) is 9.13. The molecule has 0 aliphatic carbocycles. The van der Waals surface area contributed by atoms with Crippen molar-refractivity contribution in [2.75, 3.05) is 13.7 Å². The molecule has 1 aromatic heterocycles. The third-order valence-electron chi connectivity index (χ3n) is 2.02. The molecule has 0 atom stereocenters. The van der Waals surface area contributed by atoms with Crippen LogP contribution in [0.15, 0.2) is 4.42 Å². The van der Waals surface area contributed by atoms with Gasteiger partial charge < -0.3 is 14.5 Å². The van der Waals surface area contributed by atoms with Crippen LogP contribution in [0.25, 0.3) is 0 Å². The molecule has 1 N–H and O–H groups in total. The Morgan fingerprint density at radius 1 is 1.43 bits per heavy atom. The standard InChI is InChI=1S/C9H17N3O2/c1-5-10-6-7-11-12-8(14-7)9(2,3)13-4/h10H,5-6H2,1-4H3. The van der Waals surface area contributed by atoms with Gasteiger partial charge in [0.25, 0.3) is 0 Å². The van der Waals surface area contributed by atoms with Crippen LogP contribution in [0.2, 0.25) is 0 Å². The Balaban J connectivity index is 2.67. The molecular weight excluding hydrogens is 182 g/mol. The lowest BCUT2D eigenvalue weighted by atomic mass is 10.1. The zero-order valence-electron chi connectivity index (χ0n) is 9.13. The summed E-state index contributed by atoms with van der Waals surface area (Å²) >= 11 is 0. The largest absolute Gasteiger partial charge is 0.421 e. The predicted octanol–water partition coefficient (Wildman–Crippen LogP) is 1.06. The maximum atomic E-state index is 5.43. The highest BCUT2D eigenvalue weighted by Crippen LogP contribution is 2.21. The molecule has 0 fully saturated rings. The van der Waals surface area contributed by atoms with Crippen molar-refractivity contribution in [2.45, 2.75) is 32.9 Å². The number of hydrogen-bond donors (Lipinski definition) is 1. The van der Waals surface area contributed by atoms with Gasteiger partial charge in [0, 0.05) is 7.11 Å². The monoisotopic (exact) mass is 199 g/mol. The summed E-state index contributed by atoms with van der Waals surface area (Å²) < 4.78 is 10.7. The van der Waals surface area contributed by atoms with Crippen molar-refractivity contribution in [3.05, 3.63) is 11.8 Å². The van der Waals surface area contributed by atoms with E-state index in [9.17, 15) is 0 Å². The molecule has 14 heavy (non-hydrogen) atoms. The van der Waals surface area contributed by atoms with Gasteiger partial charge in [0.1, 0.15) is 5.60 Å². The Kier molecular flexibility index (Phi) is 3.60. The summed E-state index contributed by atoms with van der Waals surface area (Å²) in [4.78, 5) is 0. The van der Waals surface area contributed by atoms with Gasteiger partial charge in [0.2, 0.25) is 11.8 Å². The fourth-order valence-electron chi connectivity index (χ4n) is 0.888. The summed E-state index contributed by atoms with van der Waals surface area (Å²) in [5.74, 6) is 1.10. The van der Waals surface area contributed by atoms with Crippen LogP contribution in [0.5, 0.6) is 0 Å². The summed E-state index contributed by atoms with van der Waals surface area (Å²) in [6.07, 6.45) is 0. The number of ether oxygens (including phenoxy) is 1. The van der Waals surface area contributed by atoms with Crippen molar-refractivity contribution in [3.8, 4) is 0 Å². The van der Waals surface area contributed by atoms with E-state index in [2.05, 4.69) is 15.5 Å². The molecule has 0 bridgehead atoms. The second-order valence-corrected chi connectivity index (χ2v) is 3.50. The van der Waals surface area contributed by atoms with Crippen LogP contribution in [0.1, 0.15) is 32.6 Å². The Labute approximate surface area is 83.9 Å². The normalized spacial score (nSPS) is 12.0. The molecule has 1 heterocycles. The third kappa shape index (κ3) is 2.52. The number of nitrogens with one attached hydrogen (secondary N) is 1. The smallest absolute Gasteiger partial charge is 0.247 e. The molecule has 0 saturated heterocycles. The second kappa shape index (κ2) is 4.52. The fourth-order valence-corrected chi connectivity index (χ4v) is 0.888. The minimum absolute atomic E-state index is 0.507. The van der Waals surface area contributed by atoms with Gasteiger partial charge in [-0.15, -0.1) is 10.2 Å². The molecule has 0 spiro atoms. The first-order valence-electron chi connectivity index (χ1n) is 4.69. The lowest BCUT2D eigenvalue weighted by Gasteiger charge is -2.17. The molecule has 0 radical (unpaired) electrons. The first-order valence-corrected chi connectivity index (χ1v) is 4.69. The van der Waals surface area contributed by atoms with Crippen molar-refractivity contribution >= 4 is 0 Å². The molecule has 0 unspecified atom stereocenters. The highest BCUT2D eigenvalue weighted by molar-refractivity contribution is 4.92. The molecule has 0 aliphatic heterocycles. The Morgan fingerprint density at radius 2 is 2.14 bits per heavy atom. The lowest BCUT2D eigenvalue weighted by molar-refractivity contribution is -0.00458. The van der Waals surface area contributed by atoms with Gasteiger partial charge >= 0.3 is 0 Å². The summed E-state index contributed by atoms with van der Waals surface area (Å²) in [7, 11) is 1.62. The molecule has 0 amide bonds. The van der Waals surface area contributed by atoms with E-state index in [0.717, 1.165) is 6.54 Å². The summed E-state index contributed by atoms with van der Waals surface area (Å²) in [5, 5.41) is 10.9. The third-order valence-corrected chi connectivity index (χ3v) is 2.02. The number of methoxy groups -OCH3 is 1. The minimum Gasteiger partial charge on any atom is -0.421 e. The van der Waals surface area contributed by atoms with Gasteiger partial charge in [-0.2, -0.15) is 0 Å². The van der Waals surface area contributed by atoms with Gasteiger partial charge in [-0.1, -0.05) is 6.92 Å². The number of nitrogens with zero attached hydrogens (tertiary/aromatic N) is 2. The maximum absolute atomic E-state index is 5.43. The van der Waals surface area contributed by atoms with Gasteiger partial charge in [-0.05, 0) is 20.4 Å². The Bertz CT molecular complexity index is 283. The molecule has 5 heteroatoms. The van der Waals surface area contributed by atoms with E-state index < -0.39 is 5.60 Å². The zero-order chi connectivity index (χ0) is 10.6. The average Bonchev–Trinajstić information content (AvgIpc) is 2.63. The molecule has 1 aromatic rings. The van der Waals surface area contributed by atoms with Crippen LogP contribution in [-0.2, 0) is 16.9 Å². The Morgan fingerprint density at radius 3 is 2.71 bits per heavy atom. The number of hydrogen-bond acceptors (Lipinski definition) is 5. The van der Waals surface area contributed by atoms with Crippen LogP contribution < -0.4 is 5.32 Å².